The fraction of sp³-hybridized carbons (Fsp3) is 0.368. The van der Waals surface area contributed by atoms with Gasteiger partial charge in [0.05, 0.1) is 10.0 Å². The van der Waals surface area contributed by atoms with Gasteiger partial charge in [-0.1, -0.05) is 63.6 Å². The van der Waals surface area contributed by atoms with Crippen molar-refractivity contribution in [2.45, 2.75) is 33.6 Å². The molecular formula is C19H22Cl4O2. The Bertz CT molecular complexity index is 632. The van der Waals surface area contributed by atoms with Gasteiger partial charge >= 0.3 is 0 Å². The van der Waals surface area contributed by atoms with E-state index in [1.54, 1.807) is 12.1 Å². The smallest absolute Gasteiger partial charge is 0.157 e. The van der Waals surface area contributed by atoms with Crippen LogP contribution in [-0.4, -0.2) is 13.2 Å². The number of halogens is 4. The van der Waals surface area contributed by atoms with Crippen LogP contribution >= 0.6 is 46.4 Å². The Morgan fingerprint density at radius 3 is 2.08 bits per heavy atom. The number of ether oxygens (including phenoxy) is 2. The molecule has 0 radical (unpaired) electrons. The molecule has 0 aliphatic heterocycles. The summed E-state index contributed by atoms with van der Waals surface area (Å²) in [5.41, 5.74) is 2.59. The van der Waals surface area contributed by atoms with E-state index in [2.05, 4.69) is 26.8 Å². The predicted octanol–water partition coefficient (Wildman–Crippen LogP) is 7.76. The summed E-state index contributed by atoms with van der Waals surface area (Å²) < 4.78 is 11.3. The lowest BCUT2D eigenvalue weighted by atomic mass is 10.1. The maximum absolute atomic E-state index is 6.22. The molecule has 1 aromatic rings. The fourth-order valence-corrected chi connectivity index (χ4v) is 2.62. The fourth-order valence-electron chi connectivity index (χ4n) is 1.92. The molecule has 0 saturated carbocycles. The standard InChI is InChI=1S/C19H22Cl4O2/c1-13(2)5-4-6-14(3)7-9-25-19-16(20)11-15(12-17(19)21)24-10-8-18(22)23/h5,7-8,11-12H,4,6,9-10H2,1-3H3. The number of allylic oxidation sites excluding steroid dienone is 3. The minimum Gasteiger partial charge on any atom is -0.489 e. The van der Waals surface area contributed by atoms with Crippen molar-refractivity contribution in [3.63, 3.8) is 0 Å². The Morgan fingerprint density at radius 1 is 0.920 bits per heavy atom. The van der Waals surface area contributed by atoms with Crippen molar-refractivity contribution in [3.05, 3.63) is 56.0 Å². The molecule has 25 heavy (non-hydrogen) atoms. The van der Waals surface area contributed by atoms with Gasteiger partial charge in [0.15, 0.2) is 5.75 Å². The van der Waals surface area contributed by atoms with Crippen molar-refractivity contribution in [2.24, 2.45) is 0 Å². The quantitative estimate of drug-likeness (QED) is 0.377. The molecular weight excluding hydrogens is 402 g/mol. The molecule has 0 saturated heterocycles. The molecule has 0 spiro atoms. The minimum atomic E-state index is 0.142. The Balaban J connectivity index is 2.61. The normalized spacial score (nSPS) is 11.1. The zero-order valence-corrected chi connectivity index (χ0v) is 17.6. The van der Waals surface area contributed by atoms with E-state index in [9.17, 15) is 0 Å². The van der Waals surface area contributed by atoms with Gasteiger partial charge in [-0.3, -0.25) is 0 Å². The van der Waals surface area contributed by atoms with Crippen LogP contribution in [0.5, 0.6) is 11.5 Å². The number of hydrogen-bond acceptors (Lipinski definition) is 2. The maximum Gasteiger partial charge on any atom is 0.157 e. The summed E-state index contributed by atoms with van der Waals surface area (Å²) in [7, 11) is 0. The molecule has 0 aliphatic rings. The van der Waals surface area contributed by atoms with Crippen LogP contribution < -0.4 is 9.47 Å². The lowest BCUT2D eigenvalue weighted by molar-refractivity contribution is 0.352. The van der Waals surface area contributed by atoms with Crippen LogP contribution in [0.4, 0.5) is 0 Å². The molecule has 0 atom stereocenters. The second-order valence-electron chi connectivity index (χ2n) is 5.70. The van der Waals surface area contributed by atoms with Crippen LogP contribution in [0.25, 0.3) is 0 Å². The van der Waals surface area contributed by atoms with Crippen molar-refractivity contribution < 1.29 is 9.47 Å². The highest BCUT2D eigenvalue weighted by molar-refractivity contribution is 6.55. The molecule has 0 N–H and O–H groups in total. The summed E-state index contributed by atoms with van der Waals surface area (Å²) in [6, 6.07) is 3.29. The predicted molar refractivity (Wildman–Crippen MR) is 110 cm³/mol. The molecule has 0 aliphatic carbocycles. The third-order valence-corrected chi connectivity index (χ3v) is 4.08. The summed E-state index contributed by atoms with van der Waals surface area (Å²) in [6.07, 6.45) is 7.80. The van der Waals surface area contributed by atoms with Crippen molar-refractivity contribution in [2.75, 3.05) is 13.2 Å². The number of rotatable bonds is 9. The van der Waals surface area contributed by atoms with E-state index in [1.807, 2.05) is 6.08 Å². The van der Waals surface area contributed by atoms with Crippen LogP contribution in [0.15, 0.2) is 46.0 Å². The van der Waals surface area contributed by atoms with Crippen molar-refractivity contribution in [1.82, 2.24) is 0 Å². The van der Waals surface area contributed by atoms with Crippen molar-refractivity contribution >= 4 is 46.4 Å². The molecule has 0 heterocycles. The molecule has 1 rings (SSSR count). The molecule has 0 unspecified atom stereocenters. The first-order valence-corrected chi connectivity index (χ1v) is 9.35. The molecule has 0 bridgehead atoms. The van der Waals surface area contributed by atoms with E-state index < -0.39 is 0 Å². The Hall–Kier alpha value is -0.800. The average molecular weight is 424 g/mol. The zero-order chi connectivity index (χ0) is 18.8. The number of hydrogen-bond donors (Lipinski definition) is 0. The summed E-state index contributed by atoms with van der Waals surface area (Å²) in [4.78, 5) is 0. The van der Waals surface area contributed by atoms with Gasteiger partial charge in [0.1, 0.15) is 23.5 Å². The van der Waals surface area contributed by atoms with Crippen LogP contribution in [0.1, 0.15) is 33.6 Å². The molecule has 0 fully saturated rings. The van der Waals surface area contributed by atoms with E-state index >= 15 is 0 Å². The Morgan fingerprint density at radius 2 is 1.52 bits per heavy atom. The average Bonchev–Trinajstić information content (AvgIpc) is 2.49. The van der Waals surface area contributed by atoms with Crippen LogP contribution in [0.3, 0.4) is 0 Å². The summed E-state index contributed by atoms with van der Waals surface area (Å²) in [5.74, 6) is 0.955. The van der Waals surface area contributed by atoms with Gasteiger partial charge in [0, 0.05) is 12.1 Å². The van der Waals surface area contributed by atoms with Gasteiger partial charge in [-0.05, 0) is 45.8 Å². The third-order valence-electron chi connectivity index (χ3n) is 3.21. The minimum absolute atomic E-state index is 0.142. The molecule has 1 aromatic carbocycles. The Labute approximate surface area is 170 Å². The van der Waals surface area contributed by atoms with Gasteiger partial charge in [0.25, 0.3) is 0 Å². The maximum atomic E-state index is 6.22. The van der Waals surface area contributed by atoms with Gasteiger partial charge in [-0.15, -0.1) is 0 Å². The van der Waals surface area contributed by atoms with Crippen LogP contribution in [-0.2, 0) is 0 Å². The summed E-state index contributed by atoms with van der Waals surface area (Å²) >= 11 is 23.5. The first-order chi connectivity index (χ1) is 11.8. The molecule has 0 amide bonds. The topological polar surface area (TPSA) is 18.5 Å². The molecule has 2 nitrogen and oxygen atoms in total. The highest BCUT2D eigenvalue weighted by Crippen LogP contribution is 2.37. The largest absolute Gasteiger partial charge is 0.489 e. The van der Waals surface area contributed by atoms with E-state index in [0.717, 1.165) is 12.8 Å². The van der Waals surface area contributed by atoms with Crippen molar-refractivity contribution in [1.29, 1.82) is 0 Å². The van der Waals surface area contributed by atoms with E-state index in [4.69, 9.17) is 55.9 Å². The lowest BCUT2D eigenvalue weighted by Gasteiger charge is -2.11. The first kappa shape index (κ1) is 22.2. The van der Waals surface area contributed by atoms with Crippen molar-refractivity contribution in [3.8, 4) is 11.5 Å². The monoisotopic (exact) mass is 422 g/mol. The zero-order valence-electron chi connectivity index (χ0n) is 14.5. The van der Waals surface area contributed by atoms with Crippen LogP contribution in [0.2, 0.25) is 10.0 Å². The number of benzene rings is 1. The van der Waals surface area contributed by atoms with E-state index in [-0.39, 0.29) is 11.1 Å². The highest BCUT2D eigenvalue weighted by atomic mass is 35.5. The SMILES string of the molecule is CC(C)=CCCC(C)=CCOc1c(Cl)cc(OCC=C(Cl)Cl)cc1Cl. The van der Waals surface area contributed by atoms with Crippen LogP contribution in [0, 0.1) is 0 Å². The first-order valence-electron chi connectivity index (χ1n) is 7.84. The molecule has 138 valence electrons. The van der Waals surface area contributed by atoms with E-state index in [1.165, 1.54) is 17.2 Å². The summed E-state index contributed by atoms with van der Waals surface area (Å²) in [5, 5.41) is 0.776. The second kappa shape index (κ2) is 11.7. The molecule has 6 heteroatoms. The van der Waals surface area contributed by atoms with Gasteiger partial charge in [-0.2, -0.15) is 0 Å². The van der Waals surface area contributed by atoms with Gasteiger partial charge in [-0.25, -0.2) is 0 Å². The summed E-state index contributed by atoms with van der Waals surface area (Å²) in [6.45, 7) is 6.91. The second-order valence-corrected chi connectivity index (χ2v) is 7.52. The highest BCUT2D eigenvalue weighted by Gasteiger charge is 2.10. The van der Waals surface area contributed by atoms with Gasteiger partial charge < -0.3 is 9.47 Å². The molecule has 0 aromatic heterocycles. The third kappa shape index (κ3) is 9.46. The van der Waals surface area contributed by atoms with Gasteiger partial charge in [0.2, 0.25) is 0 Å². The van der Waals surface area contributed by atoms with E-state index in [0.29, 0.717) is 28.2 Å². The Kier molecular flexibility index (Phi) is 10.4. The lowest BCUT2D eigenvalue weighted by Crippen LogP contribution is -1.98.